The molecule has 3 rings (SSSR count). The van der Waals surface area contributed by atoms with Gasteiger partial charge in [-0.25, -0.2) is 9.07 Å². The van der Waals surface area contributed by atoms with E-state index in [2.05, 4.69) is 15.7 Å². The molecular weight excluding hydrogens is 351 g/mol. The second kappa shape index (κ2) is 7.69. The van der Waals surface area contributed by atoms with Gasteiger partial charge in [-0.1, -0.05) is 0 Å². The average Bonchev–Trinajstić information content (AvgIpc) is 2.69. The smallest absolute Gasteiger partial charge is 0.294 e. The molecule has 0 aliphatic rings. The van der Waals surface area contributed by atoms with Gasteiger partial charge in [-0.05, 0) is 48.5 Å². The lowest BCUT2D eigenvalue weighted by atomic mass is 10.2. The van der Waals surface area contributed by atoms with E-state index in [1.54, 1.807) is 31.3 Å². The largest absolute Gasteiger partial charge is 0.453 e. The number of hydrogen-bond acceptors (Lipinski definition) is 5. The Kier molecular flexibility index (Phi) is 5.16. The molecule has 0 fully saturated rings. The Labute approximate surface area is 154 Å². The molecule has 0 saturated carbocycles. The summed E-state index contributed by atoms with van der Waals surface area (Å²) in [5.74, 6) is -0.0368. The molecule has 2 N–H and O–H groups in total. The third kappa shape index (κ3) is 4.12. The maximum Gasteiger partial charge on any atom is 0.294 e. The quantitative estimate of drug-likeness (QED) is 0.723. The normalized spacial score (nSPS) is 10.3. The zero-order valence-electron chi connectivity index (χ0n) is 14.7. The Morgan fingerprint density at radius 3 is 2.41 bits per heavy atom. The summed E-state index contributed by atoms with van der Waals surface area (Å²) in [7, 11) is 3.07. The molecular formula is C19H17FN4O3. The average molecular weight is 368 g/mol. The van der Waals surface area contributed by atoms with Crippen molar-refractivity contribution in [1.82, 2.24) is 15.1 Å². The minimum Gasteiger partial charge on any atom is -0.453 e. The standard InChI is InChI=1S/C19H17FN4O3/c1-21-18(25)12-3-7-14(8-4-12)23-17-16(11-22-24(2)19(17)26)27-15-9-5-13(20)6-10-15/h3-11,23H,1-2H3,(H,21,25). The Bertz CT molecular complexity index is 1010. The number of carbonyl (C=O) groups excluding carboxylic acids is 1. The van der Waals surface area contributed by atoms with Gasteiger partial charge in [-0.2, -0.15) is 5.10 Å². The molecule has 0 aliphatic heterocycles. The predicted octanol–water partition coefficient (Wildman–Crippen LogP) is 2.81. The van der Waals surface area contributed by atoms with E-state index in [4.69, 9.17) is 4.74 Å². The number of aryl methyl sites for hydroxylation is 1. The van der Waals surface area contributed by atoms with Crippen molar-refractivity contribution in [3.8, 4) is 11.5 Å². The highest BCUT2D eigenvalue weighted by Gasteiger charge is 2.13. The van der Waals surface area contributed by atoms with Gasteiger partial charge in [-0.15, -0.1) is 0 Å². The number of carbonyl (C=O) groups is 1. The van der Waals surface area contributed by atoms with Crippen molar-refractivity contribution in [3.05, 3.63) is 76.5 Å². The first-order valence-corrected chi connectivity index (χ1v) is 8.07. The van der Waals surface area contributed by atoms with Crippen LogP contribution in [0.5, 0.6) is 11.5 Å². The maximum atomic E-state index is 13.1. The molecule has 2 aromatic carbocycles. The van der Waals surface area contributed by atoms with Crippen molar-refractivity contribution in [2.24, 2.45) is 7.05 Å². The zero-order chi connectivity index (χ0) is 19.4. The number of anilines is 2. The summed E-state index contributed by atoms with van der Waals surface area (Å²) < 4.78 is 19.9. The van der Waals surface area contributed by atoms with Crippen molar-refractivity contribution in [1.29, 1.82) is 0 Å². The predicted molar refractivity (Wildman–Crippen MR) is 99.1 cm³/mol. The molecule has 0 atom stereocenters. The number of ether oxygens (including phenoxy) is 1. The van der Waals surface area contributed by atoms with Gasteiger partial charge in [0.2, 0.25) is 0 Å². The number of nitrogens with one attached hydrogen (secondary N) is 2. The fourth-order valence-corrected chi connectivity index (χ4v) is 2.34. The molecule has 0 radical (unpaired) electrons. The van der Waals surface area contributed by atoms with Crippen LogP contribution in [0.2, 0.25) is 0 Å². The van der Waals surface area contributed by atoms with Gasteiger partial charge in [0.05, 0.1) is 6.20 Å². The first-order chi connectivity index (χ1) is 13.0. The molecule has 27 heavy (non-hydrogen) atoms. The molecule has 7 nitrogen and oxygen atoms in total. The van der Waals surface area contributed by atoms with E-state index in [9.17, 15) is 14.0 Å². The molecule has 3 aromatic rings. The number of halogens is 1. The van der Waals surface area contributed by atoms with Gasteiger partial charge in [0.15, 0.2) is 11.4 Å². The molecule has 8 heteroatoms. The second-order valence-electron chi connectivity index (χ2n) is 5.65. The lowest BCUT2D eigenvalue weighted by Crippen LogP contribution is -2.22. The lowest BCUT2D eigenvalue weighted by molar-refractivity contribution is 0.0963. The van der Waals surface area contributed by atoms with E-state index < -0.39 is 5.56 Å². The van der Waals surface area contributed by atoms with E-state index in [1.165, 1.54) is 42.2 Å². The molecule has 1 heterocycles. The lowest BCUT2D eigenvalue weighted by Gasteiger charge is -2.13. The summed E-state index contributed by atoms with van der Waals surface area (Å²) >= 11 is 0. The van der Waals surface area contributed by atoms with Crippen LogP contribution >= 0.6 is 0 Å². The number of rotatable bonds is 5. The summed E-state index contributed by atoms with van der Waals surface area (Å²) in [5.41, 5.74) is 0.859. The fraction of sp³-hybridized carbons (Fsp3) is 0.105. The van der Waals surface area contributed by atoms with Crippen LogP contribution in [0.3, 0.4) is 0 Å². The van der Waals surface area contributed by atoms with Crippen molar-refractivity contribution in [2.45, 2.75) is 0 Å². The molecule has 138 valence electrons. The topological polar surface area (TPSA) is 85.2 Å². The highest BCUT2D eigenvalue weighted by molar-refractivity contribution is 5.94. The van der Waals surface area contributed by atoms with Gasteiger partial charge in [0.25, 0.3) is 11.5 Å². The third-order valence-electron chi connectivity index (χ3n) is 3.79. The molecule has 1 aromatic heterocycles. The van der Waals surface area contributed by atoms with E-state index >= 15 is 0 Å². The van der Waals surface area contributed by atoms with Gasteiger partial charge >= 0.3 is 0 Å². The summed E-state index contributed by atoms with van der Waals surface area (Å²) in [5, 5.41) is 9.49. The molecule has 0 aliphatic carbocycles. The van der Waals surface area contributed by atoms with Crippen LogP contribution in [-0.4, -0.2) is 22.7 Å². The summed E-state index contributed by atoms with van der Waals surface area (Å²) in [6.45, 7) is 0. The Morgan fingerprint density at radius 1 is 1.11 bits per heavy atom. The summed E-state index contributed by atoms with van der Waals surface area (Å²) in [6, 6.07) is 12.0. The van der Waals surface area contributed by atoms with Crippen molar-refractivity contribution < 1.29 is 13.9 Å². The van der Waals surface area contributed by atoms with E-state index in [0.717, 1.165) is 0 Å². The SMILES string of the molecule is CNC(=O)c1ccc(Nc2c(Oc3ccc(F)cc3)cnn(C)c2=O)cc1. The van der Waals surface area contributed by atoms with E-state index in [-0.39, 0.29) is 23.2 Å². The minimum absolute atomic E-state index is 0.171. The third-order valence-corrected chi connectivity index (χ3v) is 3.79. The molecule has 0 spiro atoms. The Balaban J connectivity index is 1.91. The number of amides is 1. The van der Waals surface area contributed by atoms with Crippen LogP contribution in [0, 0.1) is 5.82 Å². The van der Waals surface area contributed by atoms with Crippen molar-refractivity contribution >= 4 is 17.3 Å². The second-order valence-corrected chi connectivity index (χ2v) is 5.65. The van der Waals surface area contributed by atoms with E-state index in [0.29, 0.717) is 17.0 Å². The van der Waals surface area contributed by atoms with Crippen LogP contribution in [0.1, 0.15) is 10.4 Å². The van der Waals surface area contributed by atoms with Crippen molar-refractivity contribution in [2.75, 3.05) is 12.4 Å². The van der Waals surface area contributed by atoms with Gasteiger partial charge in [-0.3, -0.25) is 9.59 Å². The fourth-order valence-electron chi connectivity index (χ4n) is 2.34. The zero-order valence-corrected chi connectivity index (χ0v) is 14.7. The maximum absolute atomic E-state index is 13.1. The molecule has 0 saturated heterocycles. The summed E-state index contributed by atoms with van der Waals surface area (Å²) in [6.07, 6.45) is 1.39. The monoisotopic (exact) mass is 368 g/mol. The number of benzene rings is 2. The van der Waals surface area contributed by atoms with Gasteiger partial charge in [0.1, 0.15) is 11.6 Å². The minimum atomic E-state index is -0.398. The number of nitrogens with zero attached hydrogens (tertiary/aromatic N) is 2. The Morgan fingerprint density at radius 2 is 1.78 bits per heavy atom. The van der Waals surface area contributed by atoms with Gasteiger partial charge < -0.3 is 15.4 Å². The van der Waals surface area contributed by atoms with Crippen molar-refractivity contribution in [3.63, 3.8) is 0 Å². The number of aromatic nitrogens is 2. The van der Waals surface area contributed by atoms with Crippen LogP contribution in [0.4, 0.5) is 15.8 Å². The first kappa shape index (κ1) is 18.1. The highest BCUT2D eigenvalue weighted by Crippen LogP contribution is 2.28. The molecule has 0 bridgehead atoms. The highest BCUT2D eigenvalue weighted by atomic mass is 19.1. The molecule has 1 amide bonds. The first-order valence-electron chi connectivity index (χ1n) is 8.07. The van der Waals surface area contributed by atoms with Crippen LogP contribution < -0.4 is 20.9 Å². The van der Waals surface area contributed by atoms with Crippen LogP contribution in [-0.2, 0) is 7.05 Å². The van der Waals surface area contributed by atoms with Crippen LogP contribution in [0.15, 0.2) is 59.5 Å². The molecule has 0 unspecified atom stereocenters. The van der Waals surface area contributed by atoms with E-state index in [1.807, 2.05) is 0 Å². The Hall–Kier alpha value is -3.68. The summed E-state index contributed by atoms with van der Waals surface area (Å²) in [4.78, 5) is 24.1. The van der Waals surface area contributed by atoms with Gasteiger partial charge in [0, 0.05) is 25.3 Å². The van der Waals surface area contributed by atoms with Crippen LogP contribution in [0.25, 0.3) is 0 Å². The number of hydrogen-bond donors (Lipinski definition) is 2.